The van der Waals surface area contributed by atoms with Crippen LogP contribution in [-0.2, 0) is 9.47 Å². The minimum Gasteiger partial charge on any atom is -0.459 e. The van der Waals surface area contributed by atoms with Gasteiger partial charge in [-0.3, -0.25) is 10.1 Å². The first-order valence-corrected chi connectivity index (χ1v) is 8.47. The lowest BCUT2D eigenvalue weighted by molar-refractivity contribution is -0.384. The van der Waals surface area contributed by atoms with Crippen LogP contribution in [0.3, 0.4) is 0 Å². The maximum Gasteiger partial charge on any atom is 0.338 e. The normalized spacial score (nSPS) is 29.9. The summed E-state index contributed by atoms with van der Waals surface area (Å²) in [5.74, 6) is 0.0435. The topological polar surface area (TPSA) is 82.0 Å². The predicted octanol–water partition coefficient (Wildman–Crippen LogP) is 3.88. The van der Waals surface area contributed by atoms with Gasteiger partial charge in [-0.25, -0.2) is 4.79 Å². The second-order valence-corrected chi connectivity index (χ2v) is 7.16. The zero-order valence-corrected chi connectivity index (χ0v) is 14.1. The molecule has 2 atom stereocenters. The van der Waals surface area contributed by atoms with Gasteiger partial charge in [-0.05, 0) is 44.7 Å². The molecule has 0 N–H and O–H groups in total. The summed E-state index contributed by atoms with van der Waals surface area (Å²) in [5.41, 5.74) is -0.396. The van der Waals surface area contributed by atoms with Crippen molar-refractivity contribution in [2.45, 2.75) is 57.2 Å². The summed E-state index contributed by atoms with van der Waals surface area (Å²) in [4.78, 5) is 22.3. The van der Waals surface area contributed by atoms with E-state index < -0.39 is 16.5 Å². The molecule has 1 aromatic carbocycles. The third kappa shape index (κ3) is 3.02. The fraction of sp³-hybridized carbons (Fsp3) is 0.611. The molecule has 0 bridgehead atoms. The summed E-state index contributed by atoms with van der Waals surface area (Å²) < 4.78 is 11.4. The van der Waals surface area contributed by atoms with Crippen LogP contribution < -0.4 is 0 Å². The summed E-state index contributed by atoms with van der Waals surface area (Å²) in [6, 6.07) is 5.43. The van der Waals surface area contributed by atoms with E-state index in [-0.39, 0.29) is 17.9 Å². The van der Waals surface area contributed by atoms with Crippen LogP contribution in [0.15, 0.2) is 24.3 Å². The van der Waals surface area contributed by atoms with Gasteiger partial charge in [0.1, 0.15) is 17.8 Å². The molecule has 2 aliphatic rings. The van der Waals surface area contributed by atoms with Gasteiger partial charge in [-0.2, -0.15) is 0 Å². The summed E-state index contributed by atoms with van der Waals surface area (Å²) >= 11 is 0. The molecule has 1 aliphatic carbocycles. The minimum atomic E-state index is -0.496. The highest BCUT2D eigenvalue weighted by molar-refractivity contribution is 5.89. The van der Waals surface area contributed by atoms with Crippen LogP contribution in [0.4, 0.5) is 5.69 Å². The number of hydrogen-bond donors (Lipinski definition) is 0. The lowest BCUT2D eigenvalue weighted by Crippen LogP contribution is -2.34. The van der Waals surface area contributed by atoms with Crippen LogP contribution >= 0.6 is 0 Å². The largest absolute Gasteiger partial charge is 0.459 e. The van der Waals surface area contributed by atoms with E-state index in [4.69, 9.17) is 9.47 Å². The Bertz CT molecular complexity index is 637. The Labute approximate surface area is 141 Å². The first-order valence-electron chi connectivity index (χ1n) is 8.47. The number of benzene rings is 1. The zero-order chi connectivity index (χ0) is 17.4. The van der Waals surface area contributed by atoms with E-state index in [0.29, 0.717) is 11.5 Å². The Balaban J connectivity index is 1.57. The summed E-state index contributed by atoms with van der Waals surface area (Å²) in [7, 11) is 0. The summed E-state index contributed by atoms with van der Waals surface area (Å²) in [6.45, 7) is 4.31. The van der Waals surface area contributed by atoms with Crippen molar-refractivity contribution >= 4 is 11.7 Å². The number of nitro benzene ring substituents is 1. The van der Waals surface area contributed by atoms with Crippen molar-refractivity contribution in [1.82, 2.24) is 0 Å². The van der Waals surface area contributed by atoms with E-state index in [1.807, 2.05) is 6.92 Å². The van der Waals surface area contributed by atoms with Gasteiger partial charge < -0.3 is 9.47 Å². The fourth-order valence-electron chi connectivity index (χ4n) is 3.79. The molecule has 130 valence electrons. The van der Waals surface area contributed by atoms with E-state index in [1.54, 1.807) is 0 Å². The van der Waals surface area contributed by atoms with E-state index in [0.717, 1.165) is 0 Å². The molecule has 3 rings (SSSR count). The second kappa shape index (κ2) is 6.16. The molecule has 1 saturated carbocycles. The number of hydrogen-bond acceptors (Lipinski definition) is 5. The average molecular weight is 333 g/mol. The third-order valence-electron chi connectivity index (χ3n) is 5.62. The van der Waals surface area contributed by atoms with Gasteiger partial charge in [-0.15, -0.1) is 0 Å². The Morgan fingerprint density at radius 3 is 2.46 bits per heavy atom. The molecule has 6 heteroatoms. The van der Waals surface area contributed by atoms with E-state index in [1.165, 1.54) is 56.4 Å². The zero-order valence-electron chi connectivity index (χ0n) is 14.1. The smallest absolute Gasteiger partial charge is 0.338 e. The number of carbonyl (C=O) groups is 1. The monoisotopic (exact) mass is 333 g/mol. The maximum atomic E-state index is 12.1. The molecule has 1 saturated heterocycles. The summed E-state index contributed by atoms with van der Waals surface area (Å²) in [5, 5.41) is 10.6. The van der Waals surface area contributed by atoms with Crippen molar-refractivity contribution in [3.8, 4) is 0 Å². The van der Waals surface area contributed by atoms with Gasteiger partial charge in [0.25, 0.3) is 5.69 Å². The van der Waals surface area contributed by atoms with Crippen LogP contribution in [0.2, 0.25) is 0 Å². The molecule has 1 aromatic rings. The number of nitrogens with zero attached hydrogens (tertiary/aromatic N) is 1. The van der Waals surface area contributed by atoms with E-state index >= 15 is 0 Å². The summed E-state index contributed by atoms with van der Waals surface area (Å²) in [6.07, 6.45) is 6.10. The van der Waals surface area contributed by atoms with E-state index in [9.17, 15) is 14.9 Å². The van der Waals surface area contributed by atoms with Crippen LogP contribution in [-0.4, -0.2) is 28.7 Å². The molecular weight excluding hydrogens is 310 g/mol. The SMILES string of the molecule is C[C@]1(COC(=O)c2ccc([N+](=O)[O-])cc2)O[C@@]1(C)C1CCCCC1. The average Bonchev–Trinajstić information content (AvgIpc) is 3.17. The first-order chi connectivity index (χ1) is 11.4. The highest BCUT2D eigenvalue weighted by atomic mass is 16.7. The number of ether oxygens (including phenoxy) is 2. The van der Waals surface area contributed by atoms with Crippen LogP contribution in [0.1, 0.15) is 56.3 Å². The number of nitro groups is 1. The second-order valence-electron chi connectivity index (χ2n) is 7.16. The van der Waals surface area contributed by atoms with Crippen LogP contribution in [0.25, 0.3) is 0 Å². The molecule has 0 aromatic heterocycles. The molecule has 24 heavy (non-hydrogen) atoms. The van der Waals surface area contributed by atoms with Gasteiger partial charge in [0.15, 0.2) is 0 Å². The maximum absolute atomic E-state index is 12.1. The molecule has 1 heterocycles. The highest BCUT2D eigenvalue weighted by Crippen LogP contribution is 2.56. The molecule has 0 unspecified atom stereocenters. The molecule has 0 spiro atoms. The van der Waals surface area contributed by atoms with Crippen molar-refractivity contribution in [3.63, 3.8) is 0 Å². The molecule has 2 fully saturated rings. The number of carbonyl (C=O) groups excluding carboxylic acids is 1. The lowest BCUT2D eigenvalue weighted by Gasteiger charge is -2.27. The van der Waals surface area contributed by atoms with Gasteiger partial charge in [0.2, 0.25) is 0 Å². The van der Waals surface area contributed by atoms with Crippen molar-refractivity contribution in [1.29, 1.82) is 0 Å². The van der Waals surface area contributed by atoms with Crippen LogP contribution in [0, 0.1) is 16.0 Å². The third-order valence-corrected chi connectivity index (χ3v) is 5.62. The molecule has 1 aliphatic heterocycles. The quantitative estimate of drug-likeness (QED) is 0.353. The highest BCUT2D eigenvalue weighted by Gasteiger charge is 2.67. The van der Waals surface area contributed by atoms with Gasteiger partial charge >= 0.3 is 5.97 Å². The van der Waals surface area contributed by atoms with Crippen molar-refractivity contribution in [3.05, 3.63) is 39.9 Å². The molecule has 0 amide bonds. The number of epoxide rings is 1. The number of non-ortho nitro benzene ring substituents is 1. The Morgan fingerprint density at radius 2 is 1.88 bits per heavy atom. The first kappa shape index (κ1) is 16.9. The van der Waals surface area contributed by atoms with Crippen molar-refractivity contribution < 1.29 is 19.2 Å². The molecule has 6 nitrogen and oxygen atoms in total. The van der Waals surface area contributed by atoms with E-state index in [2.05, 4.69) is 6.92 Å². The van der Waals surface area contributed by atoms with Gasteiger partial charge in [0, 0.05) is 12.1 Å². The van der Waals surface area contributed by atoms with Crippen molar-refractivity contribution in [2.24, 2.45) is 5.92 Å². The molecular formula is C18H23NO5. The Kier molecular flexibility index (Phi) is 4.34. The minimum absolute atomic E-state index is 0.0473. The van der Waals surface area contributed by atoms with Crippen molar-refractivity contribution in [2.75, 3.05) is 6.61 Å². The predicted molar refractivity (Wildman–Crippen MR) is 87.8 cm³/mol. The number of rotatable bonds is 5. The Hall–Kier alpha value is -1.95. The van der Waals surface area contributed by atoms with Gasteiger partial charge in [-0.1, -0.05) is 19.3 Å². The fourth-order valence-corrected chi connectivity index (χ4v) is 3.79. The van der Waals surface area contributed by atoms with Gasteiger partial charge in [0.05, 0.1) is 10.5 Å². The number of esters is 1. The standard InChI is InChI=1S/C18H23NO5/c1-17(18(2,24-17)14-6-4-3-5-7-14)12-23-16(20)13-8-10-15(11-9-13)19(21)22/h8-11,14H,3-7,12H2,1-2H3/t17-,18+/m1/s1. The molecule has 0 radical (unpaired) electrons. The van der Waals surface area contributed by atoms with Crippen LogP contribution in [0.5, 0.6) is 0 Å². The Morgan fingerprint density at radius 1 is 1.25 bits per heavy atom. The lowest BCUT2D eigenvalue weighted by atomic mass is 9.75.